The molecule has 0 amide bonds. The molecule has 1 N–H and O–H groups in total. The fraction of sp³-hybridized carbons (Fsp3) is 0.727. The molecule has 0 saturated carbocycles. The number of halogens is 1. The molecule has 0 unspecified atom stereocenters. The van der Waals surface area contributed by atoms with Crippen LogP contribution in [0.25, 0.3) is 0 Å². The van der Waals surface area contributed by atoms with E-state index in [2.05, 4.69) is 31.2 Å². The molecule has 0 atom stereocenters. The van der Waals surface area contributed by atoms with E-state index in [1.54, 1.807) is 0 Å². The molecule has 0 aliphatic carbocycles. The quantitative estimate of drug-likeness (QED) is 0.841. The summed E-state index contributed by atoms with van der Waals surface area (Å²) >= 11 is 6.27. The molecule has 1 aromatic heterocycles. The summed E-state index contributed by atoms with van der Waals surface area (Å²) in [7, 11) is 0. The second-order valence-electron chi connectivity index (χ2n) is 4.21. The standard InChI is InChI=1S/C11H20ClN3/c1-5-13-6-10-9(4)14-15(11(10)12)7-8(2)3/h8,13H,5-7H2,1-4H3. The number of aromatic nitrogens is 2. The van der Waals surface area contributed by atoms with Crippen molar-refractivity contribution in [1.82, 2.24) is 15.1 Å². The molecule has 0 aromatic carbocycles. The van der Waals surface area contributed by atoms with Gasteiger partial charge < -0.3 is 5.32 Å². The number of hydrogen-bond acceptors (Lipinski definition) is 2. The molecule has 1 aromatic rings. The Balaban J connectivity index is 2.83. The molecule has 15 heavy (non-hydrogen) atoms. The Kier molecular flexibility index (Phi) is 4.61. The number of rotatable bonds is 5. The predicted octanol–water partition coefficient (Wildman–Crippen LogP) is 2.61. The van der Waals surface area contributed by atoms with Crippen LogP contribution in [0.1, 0.15) is 32.0 Å². The van der Waals surface area contributed by atoms with Gasteiger partial charge in [0, 0.05) is 18.7 Å². The third-order valence-electron chi connectivity index (χ3n) is 2.27. The van der Waals surface area contributed by atoms with Gasteiger partial charge in [0.15, 0.2) is 0 Å². The Bertz CT molecular complexity index is 318. The van der Waals surface area contributed by atoms with Gasteiger partial charge in [-0.2, -0.15) is 5.10 Å². The van der Waals surface area contributed by atoms with Gasteiger partial charge in [-0.25, -0.2) is 0 Å². The number of aryl methyl sites for hydroxylation is 1. The van der Waals surface area contributed by atoms with Crippen LogP contribution in [0.15, 0.2) is 0 Å². The summed E-state index contributed by atoms with van der Waals surface area (Å²) in [6.45, 7) is 11.1. The Labute approximate surface area is 96.8 Å². The maximum Gasteiger partial charge on any atom is 0.131 e. The summed E-state index contributed by atoms with van der Waals surface area (Å²) in [4.78, 5) is 0. The van der Waals surface area contributed by atoms with Crippen LogP contribution in [0.5, 0.6) is 0 Å². The predicted molar refractivity (Wildman–Crippen MR) is 64.2 cm³/mol. The van der Waals surface area contributed by atoms with Gasteiger partial charge in [0.05, 0.1) is 5.69 Å². The van der Waals surface area contributed by atoms with Crippen molar-refractivity contribution in [2.45, 2.75) is 40.8 Å². The topological polar surface area (TPSA) is 29.9 Å². The van der Waals surface area contributed by atoms with E-state index in [4.69, 9.17) is 11.6 Å². The summed E-state index contributed by atoms with van der Waals surface area (Å²) in [5.74, 6) is 0.564. The Morgan fingerprint density at radius 3 is 2.67 bits per heavy atom. The van der Waals surface area contributed by atoms with E-state index >= 15 is 0 Å². The molecule has 0 saturated heterocycles. The van der Waals surface area contributed by atoms with Crippen molar-refractivity contribution < 1.29 is 0 Å². The minimum absolute atomic E-state index is 0.564. The number of nitrogens with zero attached hydrogens (tertiary/aromatic N) is 2. The van der Waals surface area contributed by atoms with Gasteiger partial charge in [-0.1, -0.05) is 32.4 Å². The van der Waals surface area contributed by atoms with Crippen LogP contribution in [0, 0.1) is 12.8 Å². The van der Waals surface area contributed by atoms with Crippen molar-refractivity contribution in [3.05, 3.63) is 16.4 Å². The summed E-state index contributed by atoms with van der Waals surface area (Å²) in [6, 6.07) is 0. The third-order valence-corrected chi connectivity index (χ3v) is 2.70. The molecule has 0 radical (unpaired) electrons. The van der Waals surface area contributed by atoms with E-state index in [-0.39, 0.29) is 0 Å². The van der Waals surface area contributed by atoms with Crippen LogP contribution in [0.4, 0.5) is 0 Å². The maximum atomic E-state index is 6.27. The van der Waals surface area contributed by atoms with Gasteiger partial charge in [-0.3, -0.25) is 4.68 Å². The highest BCUT2D eigenvalue weighted by Gasteiger charge is 2.13. The van der Waals surface area contributed by atoms with Crippen LogP contribution >= 0.6 is 11.6 Å². The van der Waals surface area contributed by atoms with Gasteiger partial charge in [0.1, 0.15) is 5.15 Å². The second kappa shape index (κ2) is 5.52. The lowest BCUT2D eigenvalue weighted by atomic mass is 10.2. The molecule has 0 bridgehead atoms. The van der Waals surface area contributed by atoms with E-state index < -0.39 is 0 Å². The molecule has 0 aliphatic heterocycles. The Morgan fingerprint density at radius 1 is 1.47 bits per heavy atom. The van der Waals surface area contributed by atoms with Crippen molar-refractivity contribution >= 4 is 11.6 Å². The Morgan fingerprint density at radius 2 is 2.13 bits per heavy atom. The lowest BCUT2D eigenvalue weighted by molar-refractivity contribution is 0.481. The van der Waals surface area contributed by atoms with E-state index in [0.29, 0.717) is 5.92 Å². The van der Waals surface area contributed by atoms with Gasteiger partial charge in [0.2, 0.25) is 0 Å². The van der Waals surface area contributed by atoms with Crippen molar-refractivity contribution in [2.24, 2.45) is 5.92 Å². The molecule has 3 nitrogen and oxygen atoms in total. The van der Waals surface area contributed by atoms with E-state index in [1.165, 1.54) is 0 Å². The van der Waals surface area contributed by atoms with E-state index in [0.717, 1.165) is 36.0 Å². The van der Waals surface area contributed by atoms with Crippen LogP contribution < -0.4 is 5.32 Å². The first kappa shape index (κ1) is 12.5. The third kappa shape index (κ3) is 3.21. The van der Waals surface area contributed by atoms with Crippen molar-refractivity contribution in [2.75, 3.05) is 6.54 Å². The lowest BCUT2D eigenvalue weighted by Gasteiger charge is -2.06. The first-order valence-electron chi connectivity index (χ1n) is 5.48. The molecule has 1 heterocycles. The van der Waals surface area contributed by atoms with Crippen molar-refractivity contribution in [1.29, 1.82) is 0 Å². The molecule has 4 heteroatoms. The van der Waals surface area contributed by atoms with Gasteiger partial charge in [-0.05, 0) is 19.4 Å². The SMILES string of the molecule is CCNCc1c(C)nn(CC(C)C)c1Cl. The summed E-state index contributed by atoms with van der Waals surface area (Å²) in [6.07, 6.45) is 0. The fourth-order valence-electron chi connectivity index (χ4n) is 1.51. The zero-order chi connectivity index (χ0) is 11.4. The average Bonchev–Trinajstić information content (AvgIpc) is 2.39. The number of hydrogen-bond donors (Lipinski definition) is 1. The summed E-state index contributed by atoms with van der Waals surface area (Å²) in [5, 5.41) is 8.50. The molecule has 86 valence electrons. The van der Waals surface area contributed by atoms with Gasteiger partial charge in [-0.15, -0.1) is 0 Å². The maximum absolute atomic E-state index is 6.27. The highest BCUT2D eigenvalue weighted by Crippen LogP contribution is 2.20. The smallest absolute Gasteiger partial charge is 0.131 e. The van der Waals surface area contributed by atoms with E-state index in [9.17, 15) is 0 Å². The normalized spacial score (nSPS) is 11.3. The summed E-state index contributed by atoms with van der Waals surface area (Å²) in [5.41, 5.74) is 2.15. The molecular weight excluding hydrogens is 210 g/mol. The first-order chi connectivity index (χ1) is 7.06. The van der Waals surface area contributed by atoms with Crippen molar-refractivity contribution in [3.8, 4) is 0 Å². The molecule has 0 fully saturated rings. The van der Waals surface area contributed by atoms with Gasteiger partial charge in [0.25, 0.3) is 0 Å². The Hall–Kier alpha value is -0.540. The lowest BCUT2D eigenvalue weighted by Crippen LogP contribution is -2.12. The molecular formula is C11H20ClN3. The fourth-order valence-corrected chi connectivity index (χ4v) is 1.82. The van der Waals surface area contributed by atoms with Crippen LogP contribution in [0.3, 0.4) is 0 Å². The minimum atomic E-state index is 0.564. The zero-order valence-electron chi connectivity index (χ0n) is 9.97. The molecule has 0 aliphatic rings. The highest BCUT2D eigenvalue weighted by molar-refractivity contribution is 6.30. The second-order valence-corrected chi connectivity index (χ2v) is 4.57. The average molecular weight is 230 g/mol. The van der Waals surface area contributed by atoms with Crippen LogP contribution in [-0.2, 0) is 13.1 Å². The highest BCUT2D eigenvalue weighted by atomic mass is 35.5. The summed E-state index contributed by atoms with van der Waals surface area (Å²) < 4.78 is 1.90. The van der Waals surface area contributed by atoms with E-state index in [1.807, 2.05) is 11.6 Å². The first-order valence-corrected chi connectivity index (χ1v) is 5.86. The van der Waals surface area contributed by atoms with Crippen molar-refractivity contribution in [3.63, 3.8) is 0 Å². The number of nitrogens with one attached hydrogen (secondary N) is 1. The molecule has 0 spiro atoms. The monoisotopic (exact) mass is 229 g/mol. The zero-order valence-corrected chi connectivity index (χ0v) is 10.7. The largest absolute Gasteiger partial charge is 0.313 e. The molecule has 1 rings (SSSR count). The van der Waals surface area contributed by atoms with Gasteiger partial charge >= 0.3 is 0 Å². The van der Waals surface area contributed by atoms with Crippen LogP contribution in [0.2, 0.25) is 5.15 Å². The van der Waals surface area contributed by atoms with Crippen LogP contribution in [-0.4, -0.2) is 16.3 Å². The minimum Gasteiger partial charge on any atom is -0.313 e.